The lowest BCUT2D eigenvalue weighted by Gasteiger charge is -2.14. The van der Waals surface area contributed by atoms with Gasteiger partial charge in [0.2, 0.25) is 0 Å². The Balaban J connectivity index is 1.99. The largest absolute Gasteiger partial charge is 0.478 e. The van der Waals surface area contributed by atoms with Gasteiger partial charge in [-0.15, -0.1) is 11.3 Å². The topological polar surface area (TPSA) is 78.4 Å². The molecule has 2 rings (SSSR count). The molecule has 1 aromatic heterocycles. The predicted octanol–water partition coefficient (Wildman–Crippen LogP) is 3.33. The van der Waals surface area contributed by atoms with Gasteiger partial charge in [-0.1, -0.05) is 30.3 Å². The molecule has 0 bridgehead atoms. The average Bonchev–Trinajstić information content (AvgIpc) is 2.87. The van der Waals surface area contributed by atoms with Crippen molar-refractivity contribution >= 4 is 28.3 Å². The number of anilines is 1. The molecule has 0 fully saturated rings. The van der Waals surface area contributed by atoms with Gasteiger partial charge in [-0.25, -0.2) is 9.59 Å². The van der Waals surface area contributed by atoms with Crippen LogP contribution in [-0.4, -0.2) is 17.1 Å². The molecule has 2 amide bonds. The number of benzene rings is 1. The van der Waals surface area contributed by atoms with E-state index in [4.69, 9.17) is 5.11 Å². The molecule has 6 heteroatoms. The Labute approximate surface area is 120 Å². The molecule has 5 nitrogen and oxygen atoms in total. The van der Waals surface area contributed by atoms with Gasteiger partial charge in [-0.3, -0.25) is 5.32 Å². The summed E-state index contributed by atoms with van der Waals surface area (Å²) in [5, 5.41) is 16.2. The van der Waals surface area contributed by atoms with E-state index in [9.17, 15) is 9.59 Å². The summed E-state index contributed by atoms with van der Waals surface area (Å²) in [7, 11) is 0. The van der Waals surface area contributed by atoms with Crippen molar-refractivity contribution in [1.29, 1.82) is 0 Å². The number of nitrogens with one attached hydrogen (secondary N) is 2. The molecular weight excluding hydrogens is 276 g/mol. The fraction of sp³-hybridized carbons (Fsp3) is 0.143. The minimum atomic E-state index is -1.06. The van der Waals surface area contributed by atoms with Gasteiger partial charge in [0, 0.05) is 0 Å². The number of hydrogen-bond acceptors (Lipinski definition) is 3. The SMILES string of the molecule is CC(NC(=O)Nc1sccc1C(=O)O)c1ccccc1. The Kier molecular flexibility index (Phi) is 4.37. The summed E-state index contributed by atoms with van der Waals surface area (Å²) in [6.45, 7) is 1.86. The molecule has 1 unspecified atom stereocenters. The summed E-state index contributed by atoms with van der Waals surface area (Å²) in [5.74, 6) is -1.06. The summed E-state index contributed by atoms with van der Waals surface area (Å²) in [6.07, 6.45) is 0. The van der Waals surface area contributed by atoms with E-state index in [0.29, 0.717) is 5.00 Å². The molecular formula is C14H14N2O3S. The van der Waals surface area contributed by atoms with Crippen LogP contribution in [0.2, 0.25) is 0 Å². The van der Waals surface area contributed by atoms with E-state index in [-0.39, 0.29) is 11.6 Å². The van der Waals surface area contributed by atoms with E-state index < -0.39 is 12.0 Å². The second kappa shape index (κ2) is 6.21. The van der Waals surface area contributed by atoms with Gasteiger partial charge < -0.3 is 10.4 Å². The van der Waals surface area contributed by atoms with Crippen molar-refractivity contribution < 1.29 is 14.7 Å². The first-order valence-corrected chi connectivity index (χ1v) is 6.89. The van der Waals surface area contributed by atoms with Gasteiger partial charge in [-0.05, 0) is 23.9 Å². The van der Waals surface area contributed by atoms with E-state index in [1.54, 1.807) is 5.38 Å². The number of carbonyl (C=O) groups is 2. The van der Waals surface area contributed by atoms with Crippen molar-refractivity contribution in [3.05, 3.63) is 52.9 Å². The van der Waals surface area contributed by atoms with Crippen LogP contribution in [0.3, 0.4) is 0 Å². The summed E-state index contributed by atoms with van der Waals surface area (Å²) in [5.41, 5.74) is 1.07. The van der Waals surface area contributed by atoms with Crippen LogP contribution in [0.1, 0.15) is 28.9 Å². The normalized spacial score (nSPS) is 11.7. The average molecular weight is 290 g/mol. The van der Waals surface area contributed by atoms with Crippen LogP contribution >= 0.6 is 11.3 Å². The molecule has 0 radical (unpaired) electrons. The van der Waals surface area contributed by atoms with Crippen LogP contribution in [0.15, 0.2) is 41.8 Å². The molecule has 0 aliphatic heterocycles. The second-order valence-electron chi connectivity index (χ2n) is 4.20. The van der Waals surface area contributed by atoms with E-state index in [0.717, 1.165) is 5.56 Å². The van der Waals surface area contributed by atoms with Gasteiger partial charge in [0.05, 0.1) is 11.6 Å². The molecule has 1 aromatic carbocycles. The zero-order chi connectivity index (χ0) is 14.5. The highest BCUT2D eigenvalue weighted by molar-refractivity contribution is 7.14. The fourth-order valence-corrected chi connectivity index (χ4v) is 2.51. The number of urea groups is 1. The van der Waals surface area contributed by atoms with Crippen molar-refractivity contribution in [3.63, 3.8) is 0 Å². The van der Waals surface area contributed by atoms with Gasteiger partial charge in [0.15, 0.2) is 0 Å². The Morgan fingerprint density at radius 3 is 2.55 bits per heavy atom. The summed E-state index contributed by atoms with van der Waals surface area (Å²) < 4.78 is 0. The Morgan fingerprint density at radius 1 is 1.20 bits per heavy atom. The summed E-state index contributed by atoms with van der Waals surface area (Å²) >= 11 is 1.18. The minimum absolute atomic E-state index is 0.0949. The molecule has 0 saturated carbocycles. The van der Waals surface area contributed by atoms with Crippen LogP contribution in [0.5, 0.6) is 0 Å². The van der Waals surface area contributed by atoms with E-state index in [1.807, 2.05) is 37.3 Å². The lowest BCUT2D eigenvalue weighted by atomic mass is 10.1. The maximum Gasteiger partial charge on any atom is 0.338 e. The van der Waals surface area contributed by atoms with E-state index in [2.05, 4.69) is 10.6 Å². The second-order valence-corrected chi connectivity index (χ2v) is 5.12. The summed E-state index contributed by atoms with van der Waals surface area (Å²) in [4.78, 5) is 22.8. The molecule has 3 N–H and O–H groups in total. The van der Waals surface area contributed by atoms with Gasteiger partial charge >= 0.3 is 12.0 Å². The zero-order valence-electron chi connectivity index (χ0n) is 10.8. The number of carboxylic acids is 1. The van der Waals surface area contributed by atoms with Crippen molar-refractivity contribution in [2.75, 3.05) is 5.32 Å². The van der Waals surface area contributed by atoms with Crippen LogP contribution in [0.4, 0.5) is 9.80 Å². The third-order valence-corrected chi connectivity index (χ3v) is 3.60. The lowest BCUT2D eigenvalue weighted by molar-refractivity contribution is 0.0698. The van der Waals surface area contributed by atoms with Gasteiger partial charge in [-0.2, -0.15) is 0 Å². The molecule has 1 atom stereocenters. The maximum absolute atomic E-state index is 11.9. The Hall–Kier alpha value is -2.34. The monoisotopic (exact) mass is 290 g/mol. The Morgan fingerprint density at radius 2 is 1.90 bits per heavy atom. The van der Waals surface area contributed by atoms with Crippen molar-refractivity contribution in [1.82, 2.24) is 5.32 Å². The number of thiophene rings is 1. The first-order chi connectivity index (χ1) is 9.58. The molecule has 104 valence electrons. The number of rotatable bonds is 4. The zero-order valence-corrected chi connectivity index (χ0v) is 11.6. The van der Waals surface area contributed by atoms with Gasteiger partial charge in [0.1, 0.15) is 5.00 Å². The third kappa shape index (κ3) is 3.36. The van der Waals surface area contributed by atoms with Crippen LogP contribution in [0.25, 0.3) is 0 Å². The Bertz CT molecular complexity index is 610. The highest BCUT2D eigenvalue weighted by Gasteiger charge is 2.15. The molecule has 2 aromatic rings. The van der Waals surface area contributed by atoms with E-state index >= 15 is 0 Å². The molecule has 1 heterocycles. The quantitative estimate of drug-likeness (QED) is 0.808. The van der Waals surface area contributed by atoms with Crippen molar-refractivity contribution in [3.8, 4) is 0 Å². The number of hydrogen-bond donors (Lipinski definition) is 3. The molecule has 0 spiro atoms. The molecule has 20 heavy (non-hydrogen) atoms. The number of carbonyl (C=O) groups excluding carboxylic acids is 1. The molecule has 0 saturated heterocycles. The smallest absolute Gasteiger partial charge is 0.338 e. The first kappa shape index (κ1) is 14.1. The standard InChI is InChI=1S/C14H14N2O3S/c1-9(10-5-3-2-4-6-10)15-14(19)16-12-11(13(17)18)7-8-20-12/h2-9H,1H3,(H,17,18)(H2,15,16,19). The number of aromatic carboxylic acids is 1. The highest BCUT2D eigenvalue weighted by Crippen LogP contribution is 2.23. The first-order valence-electron chi connectivity index (χ1n) is 6.01. The van der Waals surface area contributed by atoms with Gasteiger partial charge in [0.25, 0.3) is 0 Å². The van der Waals surface area contributed by atoms with E-state index in [1.165, 1.54) is 17.4 Å². The minimum Gasteiger partial charge on any atom is -0.478 e. The van der Waals surface area contributed by atoms with Crippen LogP contribution in [0, 0.1) is 0 Å². The fourth-order valence-electron chi connectivity index (χ4n) is 1.74. The number of carboxylic acid groups (broad SMARTS) is 1. The third-order valence-electron chi connectivity index (χ3n) is 2.77. The molecule has 0 aliphatic carbocycles. The van der Waals surface area contributed by atoms with Crippen molar-refractivity contribution in [2.45, 2.75) is 13.0 Å². The van der Waals surface area contributed by atoms with Crippen molar-refractivity contribution in [2.24, 2.45) is 0 Å². The summed E-state index contributed by atoms with van der Waals surface area (Å²) in [6, 6.07) is 10.4. The lowest BCUT2D eigenvalue weighted by Crippen LogP contribution is -2.31. The highest BCUT2D eigenvalue weighted by atomic mass is 32.1. The predicted molar refractivity (Wildman–Crippen MR) is 78.3 cm³/mol. The maximum atomic E-state index is 11.9. The number of amides is 2. The van der Waals surface area contributed by atoms with Crippen LogP contribution in [-0.2, 0) is 0 Å². The molecule has 0 aliphatic rings. The van der Waals surface area contributed by atoms with Crippen LogP contribution < -0.4 is 10.6 Å².